The van der Waals surface area contributed by atoms with E-state index < -0.39 is 11.8 Å². The normalized spacial score (nSPS) is 10.3. The van der Waals surface area contributed by atoms with Crippen LogP contribution in [0.3, 0.4) is 0 Å². The molecule has 0 unspecified atom stereocenters. The molecule has 3 N–H and O–H groups in total. The number of nitrogens with one attached hydrogen (secondary N) is 1. The fourth-order valence-electron chi connectivity index (χ4n) is 1.75. The van der Waals surface area contributed by atoms with Gasteiger partial charge in [0.25, 0.3) is 0 Å². The molecule has 0 radical (unpaired) electrons. The SMILES string of the molecule is COC(=O)c1cc(Nc2cc(Cl)cc(Cl)c2)c(F)cc1N. The summed E-state index contributed by atoms with van der Waals surface area (Å²) in [4.78, 5) is 11.6. The Hall–Kier alpha value is -1.98. The number of hydrogen-bond donors (Lipinski definition) is 2. The molecule has 7 heteroatoms. The van der Waals surface area contributed by atoms with Crippen molar-refractivity contribution in [2.45, 2.75) is 0 Å². The van der Waals surface area contributed by atoms with Crippen molar-refractivity contribution in [1.82, 2.24) is 0 Å². The first-order valence-corrected chi connectivity index (χ1v) is 6.56. The van der Waals surface area contributed by atoms with Crippen LogP contribution in [0.1, 0.15) is 10.4 Å². The summed E-state index contributed by atoms with van der Waals surface area (Å²) in [6.07, 6.45) is 0. The molecule has 0 saturated carbocycles. The maximum absolute atomic E-state index is 13.9. The highest BCUT2D eigenvalue weighted by molar-refractivity contribution is 6.35. The zero-order valence-electron chi connectivity index (χ0n) is 10.9. The zero-order chi connectivity index (χ0) is 15.6. The Morgan fingerprint density at radius 1 is 1.19 bits per heavy atom. The molecule has 0 aliphatic rings. The molecule has 0 fully saturated rings. The third-order valence-electron chi connectivity index (χ3n) is 2.69. The van der Waals surface area contributed by atoms with Crippen LogP contribution in [0, 0.1) is 5.82 Å². The Labute approximate surface area is 130 Å². The van der Waals surface area contributed by atoms with E-state index in [1.807, 2.05) is 0 Å². The van der Waals surface area contributed by atoms with Gasteiger partial charge in [-0.1, -0.05) is 23.2 Å². The number of rotatable bonds is 3. The van der Waals surface area contributed by atoms with E-state index in [0.29, 0.717) is 15.7 Å². The first-order valence-electron chi connectivity index (χ1n) is 5.81. The fraction of sp³-hybridized carbons (Fsp3) is 0.0714. The molecule has 2 aromatic rings. The van der Waals surface area contributed by atoms with Crippen molar-refractivity contribution in [1.29, 1.82) is 0 Å². The number of nitrogens with two attached hydrogens (primary N) is 1. The molecule has 0 aliphatic carbocycles. The summed E-state index contributed by atoms with van der Waals surface area (Å²) in [6, 6.07) is 7.00. The second-order valence-electron chi connectivity index (χ2n) is 4.19. The van der Waals surface area contributed by atoms with Crippen LogP contribution in [0.5, 0.6) is 0 Å². The third kappa shape index (κ3) is 3.56. The van der Waals surface area contributed by atoms with Gasteiger partial charge in [0.2, 0.25) is 0 Å². The first-order chi connectivity index (χ1) is 9.90. The molecule has 0 saturated heterocycles. The predicted molar refractivity (Wildman–Crippen MR) is 81.9 cm³/mol. The molecule has 0 spiro atoms. The van der Waals surface area contributed by atoms with Crippen LogP contribution in [-0.2, 0) is 4.74 Å². The predicted octanol–water partition coefficient (Wildman–Crippen LogP) is 4.24. The Morgan fingerprint density at radius 3 is 2.38 bits per heavy atom. The van der Waals surface area contributed by atoms with Gasteiger partial charge in [-0.15, -0.1) is 0 Å². The van der Waals surface area contributed by atoms with Gasteiger partial charge >= 0.3 is 5.97 Å². The number of methoxy groups -OCH3 is 1. The van der Waals surface area contributed by atoms with E-state index in [1.165, 1.54) is 13.2 Å². The van der Waals surface area contributed by atoms with Crippen LogP contribution in [-0.4, -0.2) is 13.1 Å². The molecule has 21 heavy (non-hydrogen) atoms. The van der Waals surface area contributed by atoms with E-state index in [1.54, 1.807) is 18.2 Å². The van der Waals surface area contributed by atoms with Crippen molar-refractivity contribution >= 4 is 46.2 Å². The standard InChI is InChI=1S/C14H11Cl2FN2O2/c1-21-14(20)10-5-13(11(17)6-12(10)18)19-9-3-7(15)2-8(16)4-9/h2-6,19H,18H2,1H3. The maximum Gasteiger partial charge on any atom is 0.340 e. The smallest absolute Gasteiger partial charge is 0.340 e. The summed E-state index contributed by atoms with van der Waals surface area (Å²) < 4.78 is 18.5. The van der Waals surface area contributed by atoms with Crippen molar-refractivity contribution in [3.63, 3.8) is 0 Å². The van der Waals surface area contributed by atoms with Crippen LogP contribution in [0.4, 0.5) is 21.5 Å². The molecule has 0 heterocycles. The lowest BCUT2D eigenvalue weighted by molar-refractivity contribution is 0.0602. The Morgan fingerprint density at radius 2 is 1.81 bits per heavy atom. The third-order valence-corrected chi connectivity index (χ3v) is 3.12. The highest BCUT2D eigenvalue weighted by Gasteiger charge is 2.15. The second kappa shape index (κ2) is 6.20. The largest absolute Gasteiger partial charge is 0.465 e. The van der Waals surface area contributed by atoms with Crippen molar-refractivity contribution in [2.75, 3.05) is 18.2 Å². The Kier molecular flexibility index (Phi) is 4.55. The van der Waals surface area contributed by atoms with Gasteiger partial charge in [-0.25, -0.2) is 9.18 Å². The second-order valence-corrected chi connectivity index (χ2v) is 5.07. The van der Waals surface area contributed by atoms with Crippen LogP contribution >= 0.6 is 23.2 Å². The molecule has 2 aromatic carbocycles. The number of halogens is 3. The van der Waals surface area contributed by atoms with Crippen molar-refractivity contribution in [3.8, 4) is 0 Å². The van der Waals surface area contributed by atoms with Crippen molar-refractivity contribution in [3.05, 3.63) is 51.8 Å². The van der Waals surface area contributed by atoms with E-state index in [4.69, 9.17) is 28.9 Å². The highest BCUT2D eigenvalue weighted by Crippen LogP contribution is 2.29. The number of nitrogen functional groups attached to an aromatic ring is 1. The minimum absolute atomic E-state index is 0.00553. The van der Waals surface area contributed by atoms with Gasteiger partial charge < -0.3 is 15.8 Å². The van der Waals surface area contributed by atoms with Crippen molar-refractivity contribution < 1.29 is 13.9 Å². The molecule has 0 amide bonds. The van der Waals surface area contributed by atoms with E-state index in [9.17, 15) is 9.18 Å². The lowest BCUT2D eigenvalue weighted by Crippen LogP contribution is -2.07. The summed E-state index contributed by atoms with van der Waals surface area (Å²) in [6.45, 7) is 0. The molecular formula is C14H11Cl2FN2O2. The topological polar surface area (TPSA) is 64.3 Å². The molecule has 2 rings (SSSR count). The average Bonchev–Trinajstić information content (AvgIpc) is 2.40. The van der Waals surface area contributed by atoms with Crippen molar-refractivity contribution in [2.24, 2.45) is 0 Å². The number of esters is 1. The van der Waals surface area contributed by atoms with Gasteiger partial charge in [0.15, 0.2) is 0 Å². The molecule has 0 atom stereocenters. The number of anilines is 3. The molecule has 0 bridgehead atoms. The minimum atomic E-state index is -0.653. The van der Waals surface area contributed by atoms with E-state index >= 15 is 0 Å². The fourth-order valence-corrected chi connectivity index (χ4v) is 2.28. The number of hydrogen-bond acceptors (Lipinski definition) is 4. The Bertz CT molecular complexity index is 687. The molecule has 110 valence electrons. The van der Waals surface area contributed by atoms with Gasteiger partial charge in [0, 0.05) is 21.4 Å². The van der Waals surface area contributed by atoms with Crippen LogP contribution < -0.4 is 11.1 Å². The number of carbonyl (C=O) groups excluding carboxylic acids is 1. The van der Waals surface area contributed by atoms with E-state index in [-0.39, 0.29) is 16.9 Å². The van der Waals surface area contributed by atoms with Gasteiger partial charge in [-0.3, -0.25) is 0 Å². The monoisotopic (exact) mass is 328 g/mol. The van der Waals surface area contributed by atoms with Gasteiger partial charge in [0.1, 0.15) is 5.82 Å². The molecule has 0 aliphatic heterocycles. The number of benzene rings is 2. The number of ether oxygens (including phenoxy) is 1. The summed E-state index contributed by atoms with van der Waals surface area (Å²) in [5.74, 6) is -1.27. The Balaban J connectivity index is 2.41. The molecular weight excluding hydrogens is 318 g/mol. The highest BCUT2D eigenvalue weighted by atomic mass is 35.5. The van der Waals surface area contributed by atoms with Crippen LogP contribution in [0.2, 0.25) is 10.0 Å². The van der Waals surface area contributed by atoms with Crippen LogP contribution in [0.15, 0.2) is 30.3 Å². The summed E-state index contributed by atoms with van der Waals surface area (Å²) >= 11 is 11.7. The quantitative estimate of drug-likeness (QED) is 0.653. The van der Waals surface area contributed by atoms with Gasteiger partial charge in [-0.05, 0) is 30.3 Å². The summed E-state index contributed by atoms with van der Waals surface area (Å²) in [5.41, 5.74) is 6.19. The van der Waals surface area contributed by atoms with Gasteiger partial charge in [0.05, 0.1) is 18.4 Å². The molecule has 0 aromatic heterocycles. The van der Waals surface area contributed by atoms with E-state index in [0.717, 1.165) is 6.07 Å². The number of carbonyl (C=O) groups is 1. The lowest BCUT2D eigenvalue weighted by atomic mass is 10.1. The first kappa shape index (κ1) is 15.4. The van der Waals surface area contributed by atoms with Crippen LogP contribution in [0.25, 0.3) is 0 Å². The molecule has 4 nitrogen and oxygen atoms in total. The average molecular weight is 329 g/mol. The van der Waals surface area contributed by atoms with Gasteiger partial charge in [-0.2, -0.15) is 0 Å². The van der Waals surface area contributed by atoms with E-state index in [2.05, 4.69) is 10.1 Å². The zero-order valence-corrected chi connectivity index (χ0v) is 12.4. The lowest BCUT2D eigenvalue weighted by Gasteiger charge is -2.11. The minimum Gasteiger partial charge on any atom is -0.465 e. The summed E-state index contributed by atoms with van der Waals surface area (Å²) in [5, 5.41) is 3.59. The summed E-state index contributed by atoms with van der Waals surface area (Å²) in [7, 11) is 1.22. The maximum atomic E-state index is 13.9.